The Bertz CT molecular complexity index is 157. The van der Waals surface area contributed by atoms with E-state index in [9.17, 15) is 0 Å². The number of aliphatic hydroxyl groups excluding tert-OH is 1. The van der Waals surface area contributed by atoms with Crippen molar-refractivity contribution < 1.29 is 9.84 Å². The number of aliphatic hydroxyl groups is 1. The van der Waals surface area contributed by atoms with E-state index in [4.69, 9.17) is 15.6 Å². The lowest BCUT2D eigenvalue weighted by atomic mass is 9.97. The lowest BCUT2D eigenvalue weighted by Crippen LogP contribution is -2.50. The fourth-order valence-electron chi connectivity index (χ4n) is 1.44. The molecule has 78 valence electrons. The summed E-state index contributed by atoms with van der Waals surface area (Å²) in [7, 11) is 0. The van der Waals surface area contributed by atoms with E-state index in [1.807, 2.05) is 0 Å². The molecule has 0 aliphatic heterocycles. The Kier molecular flexibility index (Phi) is 3.71. The van der Waals surface area contributed by atoms with E-state index in [0.717, 1.165) is 19.4 Å². The van der Waals surface area contributed by atoms with Crippen molar-refractivity contribution in [2.24, 2.45) is 17.6 Å². The number of nitrogens with two attached hydrogens (primary N) is 1. The zero-order chi connectivity index (χ0) is 9.90. The van der Waals surface area contributed by atoms with Gasteiger partial charge in [0.05, 0.1) is 18.8 Å². The summed E-state index contributed by atoms with van der Waals surface area (Å²) in [5, 5.41) is 9.16. The predicted molar refractivity (Wildman–Crippen MR) is 52.4 cm³/mol. The van der Waals surface area contributed by atoms with Crippen LogP contribution in [-0.2, 0) is 4.74 Å². The average molecular weight is 187 g/mol. The molecule has 0 aromatic rings. The third kappa shape index (κ3) is 3.25. The van der Waals surface area contributed by atoms with E-state index in [0.29, 0.717) is 18.4 Å². The van der Waals surface area contributed by atoms with Crippen molar-refractivity contribution in [1.29, 1.82) is 0 Å². The summed E-state index contributed by atoms with van der Waals surface area (Å²) < 4.78 is 5.47. The van der Waals surface area contributed by atoms with E-state index >= 15 is 0 Å². The van der Waals surface area contributed by atoms with Crippen molar-refractivity contribution in [2.75, 3.05) is 19.8 Å². The van der Waals surface area contributed by atoms with E-state index in [1.165, 1.54) is 0 Å². The predicted octanol–water partition coefficient (Wildman–Crippen LogP) is 0.759. The Morgan fingerprint density at radius 2 is 2.15 bits per heavy atom. The van der Waals surface area contributed by atoms with Crippen LogP contribution in [0.5, 0.6) is 0 Å². The Morgan fingerprint density at radius 3 is 2.54 bits per heavy atom. The van der Waals surface area contributed by atoms with E-state index < -0.39 is 5.54 Å². The molecular weight excluding hydrogens is 166 g/mol. The van der Waals surface area contributed by atoms with Gasteiger partial charge in [-0.15, -0.1) is 0 Å². The van der Waals surface area contributed by atoms with Gasteiger partial charge in [-0.1, -0.05) is 13.8 Å². The highest BCUT2D eigenvalue weighted by atomic mass is 16.5. The smallest absolute Gasteiger partial charge is 0.0671 e. The van der Waals surface area contributed by atoms with Crippen LogP contribution < -0.4 is 5.73 Å². The van der Waals surface area contributed by atoms with Gasteiger partial charge >= 0.3 is 0 Å². The van der Waals surface area contributed by atoms with Crippen LogP contribution in [0.2, 0.25) is 0 Å². The maximum absolute atomic E-state index is 9.16. The highest BCUT2D eigenvalue weighted by Gasteiger charge is 2.41. The Balaban J connectivity index is 2.23. The second-order valence-corrected chi connectivity index (χ2v) is 4.57. The zero-order valence-electron chi connectivity index (χ0n) is 8.62. The van der Waals surface area contributed by atoms with Crippen molar-refractivity contribution in [1.82, 2.24) is 0 Å². The van der Waals surface area contributed by atoms with E-state index in [1.54, 1.807) is 0 Å². The Hall–Kier alpha value is -0.120. The lowest BCUT2D eigenvalue weighted by molar-refractivity contribution is 0.0327. The molecule has 1 unspecified atom stereocenters. The quantitative estimate of drug-likeness (QED) is 0.645. The second kappa shape index (κ2) is 4.40. The molecule has 3 nitrogen and oxygen atoms in total. The van der Waals surface area contributed by atoms with Gasteiger partial charge in [-0.25, -0.2) is 0 Å². The van der Waals surface area contributed by atoms with Crippen molar-refractivity contribution >= 4 is 0 Å². The minimum absolute atomic E-state index is 0.0375. The van der Waals surface area contributed by atoms with Gasteiger partial charge in [-0.05, 0) is 24.7 Å². The van der Waals surface area contributed by atoms with Crippen LogP contribution in [0.4, 0.5) is 0 Å². The summed E-state index contributed by atoms with van der Waals surface area (Å²) in [6.07, 6.45) is 2.28. The molecule has 3 heteroatoms. The largest absolute Gasteiger partial charge is 0.394 e. The molecule has 0 saturated heterocycles. The summed E-state index contributed by atoms with van der Waals surface area (Å²) in [6, 6.07) is 0. The molecule has 0 aromatic carbocycles. The first kappa shape index (κ1) is 11.0. The van der Waals surface area contributed by atoms with Gasteiger partial charge in [0.1, 0.15) is 0 Å². The fourth-order valence-corrected chi connectivity index (χ4v) is 1.44. The summed E-state index contributed by atoms with van der Waals surface area (Å²) in [4.78, 5) is 0. The maximum atomic E-state index is 9.16. The van der Waals surface area contributed by atoms with Gasteiger partial charge in [-0.2, -0.15) is 0 Å². The number of hydrogen-bond acceptors (Lipinski definition) is 3. The lowest BCUT2D eigenvalue weighted by Gasteiger charge is -2.27. The maximum Gasteiger partial charge on any atom is 0.0671 e. The van der Waals surface area contributed by atoms with Crippen molar-refractivity contribution in [3.63, 3.8) is 0 Å². The molecule has 1 atom stereocenters. The summed E-state index contributed by atoms with van der Waals surface area (Å²) in [5.41, 5.74) is 5.54. The molecule has 0 radical (unpaired) electrons. The molecule has 1 aliphatic carbocycles. The Morgan fingerprint density at radius 1 is 1.54 bits per heavy atom. The molecule has 0 aromatic heterocycles. The normalized spacial score (nSPS) is 21.9. The third-order valence-electron chi connectivity index (χ3n) is 2.51. The number of ether oxygens (including phenoxy) is 1. The molecule has 0 bridgehead atoms. The SMILES string of the molecule is CC(C)COCC(N)(CO)C1CC1. The summed E-state index contributed by atoms with van der Waals surface area (Å²) in [6.45, 7) is 5.47. The van der Waals surface area contributed by atoms with Crippen LogP contribution in [0.25, 0.3) is 0 Å². The topological polar surface area (TPSA) is 55.5 Å². The van der Waals surface area contributed by atoms with Crippen LogP contribution in [0.3, 0.4) is 0 Å². The average Bonchev–Trinajstić information content (AvgIpc) is 2.85. The van der Waals surface area contributed by atoms with Crippen LogP contribution >= 0.6 is 0 Å². The minimum atomic E-state index is -0.477. The van der Waals surface area contributed by atoms with Crippen LogP contribution in [-0.4, -0.2) is 30.5 Å². The first-order valence-electron chi connectivity index (χ1n) is 5.06. The highest BCUT2D eigenvalue weighted by molar-refractivity contribution is 4.98. The van der Waals surface area contributed by atoms with Gasteiger partial charge in [0.15, 0.2) is 0 Å². The first-order chi connectivity index (χ1) is 6.08. The molecule has 1 aliphatic rings. The molecule has 1 saturated carbocycles. The van der Waals surface area contributed by atoms with E-state index in [-0.39, 0.29) is 6.61 Å². The van der Waals surface area contributed by atoms with Crippen LogP contribution in [0.15, 0.2) is 0 Å². The van der Waals surface area contributed by atoms with Gasteiger partial charge < -0.3 is 15.6 Å². The molecule has 0 amide bonds. The van der Waals surface area contributed by atoms with E-state index in [2.05, 4.69) is 13.8 Å². The monoisotopic (exact) mass is 187 g/mol. The summed E-state index contributed by atoms with van der Waals surface area (Å²) in [5.74, 6) is 1.01. The highest BCUT2D eigenvalue weighted by Crippen LogP contribution is 2.38. The molecule has 1 rings (SSSR count). The Labute approximate surface area is 80.3 Å². The third-order valence-corrected chi connectivity index (χ3v) is 2.51. The molecule has 3 N–H and O–H groups in total. The van der Waals surface area contributed by atoms with Gasteiger partial charge in [-0.3, -0.25) is 0 Å². The van der Waals surface area contributed by atoms with Crippen LogP contribution in [0, 0.1) is 11.8 Å². The van der Waals surface area contributed by atoms with Gasteiger partial charge in [0.2, 0.25) is 0 Å². The molecule has 0 heterocycles. The zero-order valence-corrected chi connectivity index (χ0v) is 8.62. The van der Waals surface area contributed by atoms with Gasteiger partial charge in [0, 0.05) is 6.61 Å². The van der Waals surface area contributed by atoms with Crippen molar-refractivity contribution in [3.8, 4) is 0 Å². The number of rotatable bonds is 6. The standard InChI is InChI=1S/C10H21NO2/c1-8(2)5-13-7-10(11,6-12)9-3-4-9/h8-9,12H,3-7,11H2,1-2H3. The molecular formula is C10H21NO2. The minimum Gasteiger partial charge on any atom is -0.394 e. The second-order valence-electron chi connectivity index (χ2n) is 4.57. The van der Waals surface area contributed by atoms with Crippen LogP contribution in [0.1, 0.15) is 26.7 Å². The molecule has 0 spiro atoms. The fraction of sp³-hybridized carbons (Fsp3) is 1.00. The first-order valence-corrected chi connectivity index (χ1v) is 5.06. The van der Waals surface area contributed by atoms with Crippen molar-refractivity contribution in [3.05, 3.63) is 0 Å². The number of hydrogen-bond donors (Lipinski definition) is 2. The van der Waals surface area contributed by atoms with Gasteiger partial charge in [0.25, 0.3) is 0 Å². The van der Waals surface area contributed by atoms with Crippen molar-refractivity contribution in [2.45, 2.75) is 32.2 Å². The summed E-state index contributed by atoms with van der Waals surface area (Å²) >= 11 is 0. The molecule has 13 heavy (non-hydrogen) atoms. The molecule has 1 fully saturated rings.